The first-order valence-corrected chi connectivity index (χ1v) is 7.46. The molecule has 1 saturated heterocycles. The van der Waals surface area contributed by atoms with E-state index < -0.39 is 12.1 Å². The van der Waals surface area contributed by atoms with Crippen LogP contribution < -0.4 is 11.1 Å². The summed E-state index contributed by atoms with van der Waals surface area (Å²) in [5.74, 6) is 0.0952. The maximum absolute atomic E-state index is 12.1. The highest BCUT2D eigenvalue weighted by atomic mass is 35.5. The van der Waals surface area contributed by atoms with Gasteiger partial charge in [-0.2, -0.15) is 0 Å². The van der Waals surface area contributed by atoms with Crippen LogP contribution >= 0.6 is 12.4 Å². The predicted molar refractivity (Wildman–Crippen MR) is 87.7 cm³/mol. The molecule has 124 valence electrons. The molecule has 1 aromatic rings. The number of carbonyl (C=O) groups excluding carboxylic acids is 1. The summed E-state index contributed by atoms with van der Waals surface area (Å²) in [6.07, 6.45) is 1.21. The first-order chi connectivity index (χ1) is 10.1. The van der Waals surface area contributed by atoms with E-state index in [1.807, 2.05) is 24.3 Å². The summed E-state index contributed by atoms with van der Waals surface area (Å²) in [5.41, 5.74) is 7.88. The molecule has 5 nitrogen and oxygen atoms in total. The Morgan fingerprint density at radius 1 is 1.36 bits per heavy atom. The Kier molecular flexibility index (Phi) is 7.82. The van der Waals surface area contributed by atoms with Gasteiger partial charge in [0.2, 0.25) is 5.91 Å². The first-order valence-electron chi connectivity index (χ1n) is 7.46. The molecular weight excluding hydrogens is 304 g/mol. The summed E-state index contributed by atoms with van der Waals surface area (Å²) in [6.45, 7) is 3.55. The van der Waals surface area contributed by atoms with E-state index in [1.165, 1.54) is 0 Å². The Hall–Kier alpha value is -1.14. The molecule has 0 bridgehead atoms. The molecule has 0 spiro atoms. The van der Waals surface area contributed by atoms with Gasteiger partial charge in [-0.25, -0.2) is 0 Å². The Morgan fingerprint density at radius 3 is 2.50 bits per heavy atom. The van der Waals surface area contributed by atoms with Crippen molar-refractivity contribution in [3.05, 3.63) is 35.4 Å². The third-order valence-corrected chi connectivity index (χ3v) is 4.01. The summed E-state index contributed by atoms with van der Waals surface area (Å²) in [5, 5.41) is 12.3. The van der Waals surface area contributed by atoms with E-state index in [9.17, 15) is 9.90 Å². The number of aliphatic hydroxyl groups excluding tert-OH is 1. The molecule has 0 radical (unpaired) electrons. The lowest BCUT2D eigenvalue weighted by Crippen LogP contribution is -2.46. The number of hydrogen-bond acceptors (Lipinski definition) is 4. The van der Waals surface area contributed by atoms with Crippen LogP contribution in [0.3, 0.4) is 0 Å². The molecule has 0 saturated carbocycles. The van der Waals surface area contributed by atoms with E-state index >= 15 is 0 Å². The van der Waals surface area contributed by atoms with Gasteiger partial charge in [0.25, 0.3) is 0 Å². The van der Waals surface area contributed by atoms with Crippen molar-refractivity contribution in [1.29, 1.82) is 0 Å². The van der Waals surface area contributed by atoms with Crippen LogP contribution in [0.1, 0.15) is 37.0 Å². The fourth-order valence-electron chi connectivity index (χ4n) is 2.51. The summed E-state index contributed by atoms with van der Waals surface area (Å²) in [7, 11) is 0. The lowest BCUT2D eigenvalue weighted by molar-refractivity contribution is -0.124. The van der Waals surface area contributed by atoms with Crippen LogP contribution in [0.4, 0.5) is 0 Å². The molecule has 1 amide bonds. The van der Waals surface area contributed by atoms with Crippen LogP contribution in [0.5, 0.6) is 0 Å². The highest BCUT2D eigenvalue weighted by Gasteiger charge is 2.26. The number of carbonyl (C=O) groups is 1. The largest absolute Gasteiger partial charge is 0.389 e. The van der Waals surface area contributed by atoms with E-state index in [0.717, 1.165) is 24.0 Å². The van der Waals surface area contributed by atoms with Crippen molar-refractivity contribution in [2.45, 2.75) is 38.5 Å². The molecule has 1 fully saturated rings. The number of amides is 1. The standard InChI is InChI=1S/C16H24N2O3.ClH/c1-11(19)13-4-2-12(3-5-13)10-18-16(20)15(17)14-6-8-21-9-7-14;/h2-5,11,14-15,19H,6-10,17H2,1H3,(H,18,20);1H. The van der Waals surface area contributed by atoms with Crippen molar-refractivity contribution in [1.82, 2.24) is 5.32 Å². The zero-order valence-corrected chi connectivity index (χ0v) is 13.6. The summed E-state index contributed by atoms with van der Waals surface area (Å²) in [6, 6.07) is 7.07. The number of rotatable bonds is 5. The van der Waals surface area contributed by atoms with Crippen LogP contribution in [-0.4, -0.2) is 30.3 Å². The van der Waals surface area contributed by atoms with Gasteiger partial charge in [-0.05, 0) is 36.8 Å². The van der Waals surface area contributed by atoms with Gasteiger partial charge in [0.15, 0.2) is 0 Å². The molecule has 1 aliphatic rings. The third-order valence-electron chi connectivity index (χ3n) is 4.01. The number of ether oxygens (including phenoxy) is 1. The van der Waals surface area contributed by atoms with Crippen molar-refractivity contribution in [3.63, 3.8) is 0 Å². The molecule has 22 heavy (non-hydrogen) atoms. The lowest BCUT2D eigenvalue weighted by atomic mass is 9.92. The minimum atomic E-state index is -0.476. The summed E-state index contributed by atoms with van der Waals surface area (Å²) < 4.78 is 5.28. The van der Waals surface area contributed by atoms with E-state index in [0.29, 0.717) is 19.8 Å². The monoisotopic (exact) mass is 328 g/mol. The average molecular weight is 329 g/mol. The average Bonchev–Trinajstić information content (AvgIpc) is 2.53. The molecular formula is C16H25ClN2O3. The first kappa shape index (κ1) is 18.9. The van der Waals surface area contributed by atoms with Crippen LogP contribution in [0, 0.1) is 5.92 Å². The second-order valence-electron chi connectivity index (χ2n) is 5.61. The van der Waals surface area contributed by atoms with E-state index in [-0.39, 0.29) is 24.2 Å². The smallest absolute Gasteiger partial charge is 0.237 e. The molecule has 0 aliphatic carbocycles. The number of hydrogen-bond donors (Lipinski definition) is 3. The normalized spacial score (nSPS) is 18.1. The minimum Gasteiger partial charge on any atom is -0.389 e. The van der Waals surface area contributed by atoms with Crippen molar-refractivity contribution < 1.29 is 14.6 Å². The van der Waals surface area contributed by atoms with E-state index in [2.05, 4.69) is 5.32 Å². The molecule has 0 aromatic heterocycles. The fraction of sp³-hybridized carbons (Fsp3) is 0.562. The fourth-order valence-corrected chi connectivity index (χ4v) is 2.51. The molecule has 1 heterocycles. The van der Waals surface area contributed by atoms with Crippen molar-refractivity contribution in [2.24, 2.45) is 11.7 Å². The molecule has 4 N–H and O–H groups in total. The lowest BCUT2D eigenvalue weighted by Gasteiger charge is -2.26. The zero-order valence-electron chi connectivity index (χ0n) is 12.8. The van der Waals surface area contributed by atoms with Gasteiger partial charge in [-0.3, -0.25) is 4.79 Å². The Labute approximate surface area is 137 Å². The second kappa shape index (κ2) is 9.10. The Balaban J connectivity index is 0.00000242. The van der Waals surface area contributed by atoms with E-state index in [4.69, 9.17) is 10.5 Å². The molecule has 1 aliphatic heterocycles. The predicted octanol–water partition coefficient (Wildman–Crippen LogP) is 1.53. The molecule has 2 rings (SSSR count). The van der Waals surface area contributed by atoms with Gasteiger partial charge in [-0.1, -0.05) is 24.3 Å². The second-order valence-corrected chi connectivity index (χ2v) is 5.61. The maximum Gasteiger partial charge on any atom is 0.237 e. The number of nitrogens with two attached hydrogens (primary N) is 1. The number of aliphatic hydroxyl groups is 1. The van der Waals surface area contributed by atoms with Crippen LogP contribution in [0.15, 0.2) is 24.3 Å². The van der Waals surface area contributed by atoms with Crippen LogP contribution in [0.2, 0.25) is 0 Å². The van der Waals surface area contributed by atoms with Gasteiger partial charge < -0.3 is 20.9 Å². The highest BCUT2D eigenvalue weighted by molar-refractivity contribution is 5.85. The topological polar surface area (TPSA) is 84.6 Å². The minimum absolute atomic E-state index is 0. The highest BCUT2D eigenvalue weighted by Crippen LogP contribution is 2.18. The van der Waals surface area contributed by atoms with Gasteiger partial charge in [0.1, 0.15) is 0 Å². The van der Waals surface area contributed by atoms with Gasteiger partial charge in [0.05, 0.1) is 12.1 Å². The van der Waals surface area contributed by atoms with Crippen molar-refractivity contribution in [3.8, 4) is 0 Å². The number of halogens is 1. The van der Waals surface area contributed by atoms with E-state index in [1.54, 1.807) is 6.92 Å². The molecule has 6 heteroatoms. The van der Waals surface area contributed by atoms with Crippen molar-refractivity contribution in [2.75, 3.05) is 13.2 Å². The molecule has 2 unspecified atom stereocenters. The third kappa shape index (κ3) is 5.25. The maximum atomic E-state index is 12.1. The van der Waals surface area contributed by atoms with Crippen LogP contribution in [-0.2, 0) is 16.1 Å². The van der Waals surface area contributed by atoms with Crippen molar-refractivity contribution >= 4 is 18.3 Å². The quantitative estimate of drug-likeness (QED) is 0.765. The number of nitrogens with one attached hydrogen (secondary N) is 1. The SMILES string of the molecule is CC(O)c1ccc(CNC(=O)C(N)C2CCOCC2)cc1.Cl. The summed E-state index contributed by atoms with van der Waals surface area (Å²) in [4.78, 5) is 12.1. The zero-order chi connectivity index (χ0) is 15.2. The van der Waals surface area contributed by atoms with Gasteiger partial charge in [0, 0.05) is 19.8 Å². The molecule has 2 atom stereocenters. The Bertz CT molecular complexity index is 459. The summed E-state index contributed by atoms with van der Waals surface area (Å²) >= 11 is 0. The van der Waals surface area contributed by atoms with Crippen LogP contribution in [0.25, 0.3) is 0 Å². The molecule has 1 aromatic carbocycles. The Morgan fingerprint density at radius 2 is 1.95 bits per heavy atom. The van der Waals surface area contributed by atoms with Gasteiger partial charge >= 0.3 is 0 Å². The van der Waals surface area contributed by atoms with Gasteiger partial charge in [-0.15, -0.1) is 12.4 Å². The number of benzene rings is 1.